The molecule has 0 aromatic heterocycles. The molecule has 1 atom stereocenters. The fraction of sp³-hybridized carbons (Fsp3) is 0.455. The molecule has 0 heterocycles. The normalized spacial score (nSPS) is 12.2. The highest BCUT2D eigenvalue weighted by Gasteiger charge is 2.12. The minimum Gasteiger partial charge on any atom is -0.385 e. The maximum absolute atomic E-state index is 13.5. The first-order valence-corrected chi connectivity index (χ1v) is 5.24. The standard InChI is InChI=1S/C11H15FN2O3/c1-8(5-6-17-2)13-11-4-3-9(14(15)16)7-10(11)12/h3-4,7-8,13H,5-6H2,1-2H3/t8-/m1/s1. The van der Waals surface area contributed by atoms with Gasteiger partial charge in [-0.2, -0.15) is 0 Å². The maximum Gasteiger partial charge on any atom is 0.272 e. The number of nitrogens with one attached hydrogen (secondary N) is 1. The van der Waals surface area contributed by atoms with Crippen molar-refractivity contribution >= 4 is 11.4 Å². The van der Waals surface area contributed by atoms with E-state index in [0.717, 1.165) is 12.5 Å². The van der Waals surface area contributed by atoms with Crippen LogP contribution >= 0.6 is 0 Å². The van der Waals surface area contributed by atoms with Crippen LogP contribution in [0.3, 0.4) is 0 Å². The molecule has 1 aromatic carbocycles. The van der Waals surface area contributed by atoms with Gasteiger partial charge in [-0.1, -0.05) is 0 Å². The second-order valence-electron chi connectivity index (χ2n) is 3.75. The molecule has 5 nitrogen and oxygen atoms in total. The average molecular weight is 242 g/mol. The number of hydrogen-bond acceptors (Lipinski definition) is 4. The molecular formula is C11H15FN2O3. The van der Waals surface area contributed by atoms with Crippen LogP contribution < -0.4 is 5.32 Å². The number of halogens is 1. The van der Waals surface area contributed by atoms with Gasteiger partial charge in [0.2, 0.25) is 0 Å². The largest absolute Gasteiger partial charge is 0.385 e. The van der Waals surface area contributed by atoms with Crippen molar-refractivity contribution in [1.29, 1.82) is 0 Å². The lowest BCUT2D eigenvalue weighted by Crippen LogP contribution is -2.18. The predicted molar refractivity (Wildman–Crippen MR) is 62.6 cm³/mol. The topological polar surface area (TPSA) is 64.4 Å². The average Bonchev–Trinajstić information content (AvgIpc) is 2.28. The Morgan fingerprint density at radius 2 is 2.29 bits per heavy atom. The first-order valence-electron chi connectivity index (χ1n) is 5.24. The molecule has 0 unspecified atom stereocenters. The highest BCUT2D eigenvalue weighted by Crippen LogP contribution is 2.21. The molecule has 1 rings (SSSR count). The minimum atomic E-state index is -0.624. The molecule has 17 heavy (non-hydrogen) atoms. The van der Waals surface area contributed by atoms with Crippen molar-refractivity contribution < 1.29 is 14.1 Å². The number of ether oxygens (including phenoxy) is 1. The lowest BCUT2D eigenvalue weighted by molar-refractivity contribution is -0.385. The van der Waals surface area contributed by atoms with E-state index >= 15 is 0 Å². The summed E-state index contributed by atoms with van der Waals surface area (Å²) in [7, 11) is 1.60. The highest BCUT2D eigenvalue weighted by atomic mass is 19.1. The van der Waals surface area contributed by atoms with Crippen LogP contribution in [0.15, 0.2) is 18.2 Å². The van der Waals surface area contributed by atoms with Gasteiger partial charge in [-0.3, -0.25) is 10.1 Å². The summed E-state index contributed by atoms with van der Waals surface area (Å²) in [5, 5.41) is 13.4. The van der Waals surface area contributed by atoms with Crippen LogP contribution in [0.2, 0.25) is 0 Å². The summed E-state index contributed by atoms with van der Waals surface area (Å²) in [6, 6.07) is 3.59. The molecule has 0 bridgehead atoms. The van der Waals surface area contributed by atoms with Crippen LogP contribution in [-0.2, 0) is 4.74 Å². The van der Waals surface area contributed by atoms with E-state index in [1.165, 1.54) is 12.1 Å². The lowest BCUT2D eigenvalue weighted by atomic mass is 10.2. The molecule has 0 saturated heterocycles. The second kappa shape index (κ2) is 6.15. The number of hydrogen-bond donors (Lipinski definition) is 1. The summed E-state index contributed by atoms with van der Waals surface area (Å²) in [5.41, 5.74) is 0.0109. The second-order valence-corrected chi connectivity index (χ2v) is 3.75. The van der Waals surface area contributed by atoms with Gasteiger partial charge in [0.25, 0.3) is 5.69 Å². The molecule has 1 aromatic rings. The fourth-order valence-corrected chi connectivity index (χ4v) is 1.37. The zero-order chi connectivity index (χ0) is 12.8. The van der Waals surface area contributed by atoms with Gasteiger partial charge in [0.05, 0.1) is 16.7 Å². The first-order chi connectivity index (χ1) is 8.04. The highest BCUT2D eigenvalue weighted by molar-refractivity contribution is 5.50. The Hall–Kier alpha value is -1.69. The summed E-state index contributed by atoms with van der Waals surface area (Å²) < 4.78 is 18.4. The van der Waals surface area contributed by atoms with Crippen LogP contribution in [0, 0.1) is 15.9 Å². The van der Waals surface area contributed by atoms with E-state index in [9.17, 15) is 14.5 Å². The smallest absolute Gasteiger partial charge is 0.272 e. The zero-order valence-corrected chi connectivity index (χ0v) is 9.77. The monoisotopic (exact) mass is 242 g/mol. The minimum absolute atomic E-state index is 0.0332. The van der Waals surface area contributed by atoms with Gasteiger partial charge in [0, 0.05) is 25.8 Å². The molecular weight excluding hydrogens is 227 g/mol. The van der Waals surface area contributed by atoms with E-state index in [2.05, 4.69) is 5.32 Å². The van der Waals surface area contributed by atoms with Crippen molar-refractivity contribution in [3.05, 3.63) is 34.1 Å². The third-order valence-electron chi connectivity index (χ3n) is 2.32. The van der Waals surface area contributed by atoms with E-state index < -0.39 is 10.7 Å². The fourth-order valence-electron chi connectivity index (χ4n) is 1.37. The molecule has 0 spiro atoms. The quantitative estimate of drug-likeness (QED) is 0.615. The Morgan fingerprint density at radius 1 is 1.59 bits per heavy atom. The van der Waals surface area contributed by atoms with E-state index in [-0.39, 0.29) is 17.4 Å². The van der Waals surface area contributed by atoms with E-state index in [4.69, 9.17) is 4.74 Å². The van der Waals surface area contributed by atoms with Crippen molar-refractivity contribution in [2.24, 2.45) is 0 Å². The molecule has 0 fully saturated rings. The summed E-state index contributed by atoms with van der Waals surface area (Å²) in [6.07, 6.45) is 0.729. The van der Waals surface area contributed by atoms with Gasteiger partial charge < -0.3 is 10.1 Å². The van der Waals surface area contributed by atoms with Crippen LogP contribution in [0.5, 0.6) is 0 Å². The summed E-state index contributed by atoms with van der Waals surface area (Å²) in [4.78, 5) is 9.81. The van der Waals surface area contributed by atoms with Gasteiger partial charge in [-0.05, 0) is 19.4 Å². The summed E-state index contributed by atoms with van der Waals surface area (Å²) >= 11 is 0. The lowest BCUT2D eigenvalue weighted by Gasteiger charge is -2.15. The number of nitro groups is 1. The van der Waals surface area contributed by atoms with Crippen molar-refractivity contribution in [2.75, 3.05) is 19.0 Å². The zero-order valence-electron chi connectivity index (χ0n) is 9.77. The number of nitrogens with zero attached hydrogens (tertiary/aromatic N) is 1. The molecule has 0 aliphatic heterocycles. The van der Waals surface area contributed by atoms with Gasteiger partial charge >= 0.3 is 0 Å². The third-order valence-corrected chi connectivity index (χ3v) is 2.32. The summed E-state index contributed by atoms with van der Waals surface area (Å²) in [6.45, 7) is 2.46. The Labute approximate surface area is 98.7 Å². The Kier molecular flexibility index (Phi) is 4.84. The predicted octanol–water partition coefficient (Wildman–Crippen LogP) is 2.57. The number of rotatable bonds is 6. The van der Waals surface area contributed by atoms with Crippen molar-refractivity contribution in [1.82, 2.24) is 0 Å². The van der Waals surface area contributed by atoms with Crippen LogP contribution in [-0.4, -0.2) is 24.7 Å². The van der Waals surface area contributed by atoms with Gasteiger partial charge in [0.1, 0.15) is 0 Å². The van der Waals surface area contributed by atoms with Crippen molar-refractivity contribution in [3.8, 4) is 0 Å². The maximum atomic E-state index is 13.5. The van der Waals surface area contributed by atoms with E-state index in [1.807, 2.05) is 6.92 Å². The number of nitro benzene ring substituents is 1. The first kappa shape index (κ1) is 13.4. The Bertz CT molecular complexity index is 398. The molecule has 0 aliphatic rings. The number of methoxy groups -OCH3 is 1. The molecule has 0 amide bonds. The van der Waals surface area contributed by atoms with Gasteiger partial charge in [-0.25, -0.2) is 4.39 Å². The van der Waals surface area contributed by atoms with Crippen LogP contribution in [0.1, 0.15) is 13.3 Å². The van der Waals surface area contributed by atoms with Crippen molar-refractivity contribution in [2.45, 2.75) is 19.4 Å². The molecule has 1 N–H and O–H groups in total. The number of anilines is 1. The summed E-state index contributed by atoms with van der Waals surface area (Å²) in [5.74, 6) is -0.622. The molecule has 0 saturated carbocycles. The van der Waals surface area contributed by atoms with Gasteiger partial charge in [0.15, 0.2) is 5.82 Å². The van der Waals surface area contributed by atoms with Gasteiger partial charge in [-0.15, -0.1) is 0 Å². The molecule has 0 aliphatic carbocycles. The third kappa shape index (κ3) is 3.99. The molecule has 0 radical (unpaired) electrons. The van der Waals surface area contributed by atoms with E-state index in [1.54, 1.807) is 7.11 Å². The number of benzene rings is 1. The van der Waals surface area contributed by atoms with Crippen molar-refractivity contribution in [3.63, 3.8) is 0 Å². The molecule has 94 valence electrons. The Balaban J connectivity index is 2.69. The SMILES string of the molecule is COCC[C@@H](C)Nc1ccc([N+](=O)[O-])cc1F. The van der Waals surface area contributed by atoms with Crippen LogP contribution in [0.4, 0.5) is 15.8 Å². The molecule has 6 heteroatoms. The Morgan fingerprint density at radius 3 is 2.82 bits per heavy atom. The van der Waals surface area contributed by atoms with Crippen LogP contribution in [0.25, 0.3) is 0 Å². The number of non-ortho nitro benzene ring substituents is 1. The van der Waals surface area contributed by atoms with E-state index in [0.29, 0.717) is 6.61 Å².